The number of rotatable bonds is 4. The molecule has 1 atom stereocenters. The highest BCUT2D eigenvalue weighted by Gasteiger charge is 2.18. The van der Waals surface area contributed by atoms with E-state index in [0.717, 1.165) is 5.56 Å². The third kappa shape index (κ3) is 4.95. The summed E-state index contributed by atoms with van der Waals surface area (Å²) in [4.78, 5) is 11.6. The van der Waals surface area contributed by atoms with Gasteiger partial charge in [-0.1, -0.05) is 12.1 Å². The molecule has 1 aromatic rings. The Balaban J connectivity index is 2.57. The second-order valence-corrected chi connectivity index (χ2v) is 5.01. The van der Waals surface area contributed by atoms with Crippen molar-refractivity contribution >= 4 is 5.91 Å². The van der Waals surface area contributed by atoms with Crippen LogP contribution in [0.2, 0.25) is 0 Å². The minimum atomic E-state index is -0.521. The van der Waals surface area contributed by atoms with Crippen molar-refractivity contribution in [2.75, 3.05) is 0 Å². The number of hydrogen-bond acceptors (Lipinski definition) is 2. The lowest BCUT2D eigenvalue weighted by Crippen LogP contribution is -2.39. The van der Waals surface area contributed by atoms with Crippen LogP contribution in [0.15, 0.2) is 24.3 Å². The molecule has 1 aromatic carbocycles. The van der Waals surface area contributed by atoms with E-state index < -0.39 is 5.54 Å². The van der Waals surface area contributed by atoms with Crippen molar-refractivity contribution in [3.8, 4) is 0 Å². The SMILES string of the molecule is CC(NC(=O)CC(C)(C)N)c1ccc(F)cc1. The molecule has 3 N–H and O–H groups in total. The lowest BCUT2D eigenvalue weighted by molar-refractivity contribution is -0.122. The highest BCUT2D eigenvalue weighted by Crippen LogP contribution is 2.13. The van der Waals surface area contributed by atoms with Crippen LogP contribution >= 0.6 is 0 Å². The average molecular weight is 238 g/mol. The summed E-state index contributed by atoms with van der Waals surface area (Å²) >= 11 is 0. The van der Waals surface area contributed by atoms with Crippen molar-refractivity contribution in [3.63, 3.8) is 0 Å². The molecular weight excluding hydrogens is 219 g/mol. The zero-order valence-electron chi connectivity index (χ0n) is 10.5. The summed E-state index contributed by atoms with van der Waals surface area (Å²) in [6.45, 7) is 5.46. The molecule has 17 heavy (non-hydrogen) atoms. The molecule has 0 aliphatic carbocycles. The number of nitrogens with one attached hydrogen (secondary N) is 1. The molecule has 0 spiro atoms. The minimum absolute atomic E-state index is 0.102. The number of nitrogens with two attached hydrogens (primary N) is 1. The maximum absolute atomic E-state index is 12.7. The second kappa shape index (κ2) is 5.27. The van der Waals surface area contributed by atoms with Crippen LogP contribution in [0.3, 0.4) is 0 Å². The van der Waals surface area contributed by atoms with Gasteiger partial charge >= 0.3 is 0 Å². The number of carbonyl (C=O) groups excluding carboxylic acids is 1. The number of halogens is 1. The van der Waals surface area contributed by atoms with Gasteiger partial charge in [0.1, 0.15) is 5.82 Å². The van der Waals surface area contributed by atoms with Crippen LogP contribution in [0, 0.1) is 5.82 Å². The fourth-order valence-corrected chi connectivity index (χ4v) is 1.54. The van der Waals surface area contributed by atoms with Crippen molar-refractivity contribution in [2.24, 2.45) is 5.73 Å². The van der Waals surface area contributed by atoms with Gasteiger partial charge in [-0.25, -0.2) is 4.39 Å². The first kappa shape index (κ1) is 13.6. The first-order valence-electron chi connectivity index (χ1n) is 5.61. The molecule has 0 bridgehead atoms. The number of carbonyl (C=O) groups is 1. The summed E-state index contributed by atoms with van der Waals surface area (Å²) in [6.07, 6.45) is 0.262. The van der Waals surface area contributed by atoms with E-state index in [1.54, 1.807) is 26.0 Å². The molecular formula is C13H19FN2O. The van der Waals surface area contributed by atoms with E-state index in [0.29, 0.717) is 0 Å². The predicted octanol–water partition coefficient (Wildman–Crippen LogP) is 2.13. The third-order valence-electron chi connectivity index (χ3n) is 2.36. The zero-order chi connectivity index (χ0) is 13.1. The molecule has 1 amide bonds. The van der Waals surface area contributed by atoms with Crippen molar-refractivity contribution < 1.29 is 9.18 Å². The summed E-state index contributed by atoms with van der Waals surface area (Å²) < 4.78 is 12.7. The molecule has 0 saturated heterocycles. The third-order valence-corrected chi connectivity index (χ3v) is 2.36. The lowest BCUT2D eigenvalue weighted by Gasteiger charge is -2.20. The quantitative estimate of drug-likeness (QED) is 0.844. The molecule has 1 rings (SSSR count). The van der Waals surface area contributed by atoms with E-state index in [-0.39, 0.29) is 24.2 Å². The van der Waals surface area contributed by atoms with Crippen molar-refractivity contribution in [2.45, 2.75) is 38.8 Å². The monoisotopic (exact) mass is 238 g/mol. The summed E-state index contributed by atoms with van der Waals surface area (Å²) in [5.74, 6) is -0.385. The molecule has 0 aromatic heterocycles. The van der Waals surface area contributed by atoms with Gasteiger partial charge in [-0.2, -0.15) is 0 Å². The molecule has 0 aliphatic rings. The molecule has 3 nitrogen and oxygen atoms in total. The summed E-state index contributed by atoms with van der Waals surface area (Å²) in [5.41, 5.74) is 6.11. The molecule has 0 saturated carbocycles. The van der Waals surface area contributed by atoms with E-state index in [9.17, 15) is 9.18 Å². The van der Waals surface area contributed by atoms with Gasteiger partial charge in [0.05, 0.1) is 6.04 Å². The van der Waals surface area contributed by atoms with Gasteiger partial charge in [-0.3, -0.25) is 4.79 Å². The van der Waals surface area contributed by atoms with Crippen LogP contribution in [-0.2, 0) is 4.79 Å². The average Bonchev–Trinajstić information content (AvgIpc) is 2.15. The number of amides is 1. The zero-order valence-corrected chi connectivity index (χ0v) is 10.5. The number of hydrogen-bond donors (Lipinski definition) is 2. The van der Waals surface area contributed by atoms with E-state index >= 15 is 0 Å². The van der Waals surface area contributed by atoms with Gasteiger partial charge in [-0.05, 0) is 38.5 Å². The highest BCUT2D eigenvalue weighted by atomic mass is 19.1. The van der Waals surface area contributed by atoms with E-state index in [1.807, 2.05) is 6.92 Å². The summed E-state index contributed by atoms with van der Waals surface area (Å²) in [6, 6.07) is 5.93. The molecule has 0 fully saturated rings. The molecule has 0 aliphatic heterocycles. The molecule has 0 heterocycles. The number of benzene rings is 1. The summed E-state index contributed by atoms with van der Waals surface area (Å²) in [5, 5.41) is 2.83. The van der Waals surface area contributed by atoms with Gasteiger partial charge in [-0.15, -0.1) is 0 Å². The fraction of sp³-hybridized carbons (Fsp3) is 0.462. The molecule has 94 valence electrons. The van der Waals surface area contributed by atoms with Crippen LogP contribution in [0.25, 0.3) is 0 Å². The Labute approximate surface area is 101 Å². The summed E-state index contributed by atoms with van der Waals surface area (Å²) in [7, 11) is 0. The fourth-order valence-electron chi connectivity index (χ4n) is 1.54. The van der Waals surface area contributed by atoms with Crippen molar-refractivity contribution in [1.82, 2.24) is 5.32 Å². The second-order valence-electron chi connectivity index (χ2n) is 5.01. The molecule has 0 radical (unpaired) electrons. The van der Waals surface area contributed by atoms with E-state index in [2.05, 4.69) is 5.32 Å². The molecule has 1 unspecified atom stereocenters. The van der Waals surface area contributed by atoms with Crippen LogP contribution in [0.4, 0.5) is 4.39 Å². The Morgan fingerprint density at radius 3 is 2.41 bits per heavy atom. The van der Waals surface area contributed by atoms with Gasteiger partial charge in [0.15, 0.2) is 0 Å². The van der Waals surface area contributed by atoms with Crippen molar-refractivity contribution in [3.05, 3.63) is 35.6 Å². The van der Waals surface area contributed by atoms with E-state index in [4.69, 9.17) is 5.73 Å². The Kier molecular flexibility index (Phi) is 4.23. The Morgan fingerprint density at radius 1 is 1.41 bits per heavy atom. The predicted molar refractivity (Wildman–Crippen MR) is 65.8 cm³/mol. The Bertz CT molecular complexity index is 381. The lowest BCUT2D eigenvalue weighted by atomic mass is 10.0. The van der Waals surface area contributed by atoms with Gasteiger partial charge in [0, 0.05) is 12.0 Å². The maximum atomic E-state index is 12.7. The first-order chi connectivity index (χ1) is 7.78. The normalized spacial score (nSPS) is 13.2. The van der Waals surface area contributed by atoms with Gasteiger partial charge < -0.3 is 11.1 Å². The largest absolute Gasteiger partial charge is 0.350 e. The Hall–Kier alpha value is -1.42. The first-order valence-corrected chi connectivity index (χ1v) is 5.61. The topological polar surface area (TPSA) is 55.1 Å². The van der Waals surface area contributed by atoms with Crippen LogP contribution < -0.4 is 11.1 Å². The minimum Gasteiger partial charge on any atom is -0.350 e. The van der Waals surface area contributed by atoms with E-state index in [1.165, 1.54) is 12.1 Å². The Morgan fingerprint density at radius 2 is 1.94 bits per heavy atom. The van der Waals surface area contributed by atoms with Crippen LogP contribution in [-0.4, -0.2) is 11.4 Å². The molecule has 4 heteroatoms. The van der Waals surface area contributed by atoms with Gasteiger partial charge in [0.25, 0.3) is 0 Å². The van der Waals surface area contributed by atoms with Gasteiger partial charge in [0.2, 0.25) is 5.91 Å². The van der Waals surface area contributed by atoms with Crippen LogP contribution in [0.1, 0.15) is 38.8 Å². The van der Waals surface area contributed by atoms with Crippen LogP contribution in [0.5, 0.6) is 0 Å². The highest BCUT2D eigenvalue weighted by molar-refractivity contribution is 5.77. The smallest absolute Gasteiger partial charge is 0.222 e. The standard InChI is InChI=1S/C13H19FN2O/c1-9(10-4-6-11(14)7-5-10)16-12(17)8-13(2,3)15/h4-7,9H,8,15H2,1-3H3,(H,16,17). The maximum Gasteiger partial charge on any atom is 0.222 e. The van der Waals surface area contributed by atoms with Crippen molar-refractivity contribution in [1.29, 1.82) is 0 Å².